The number of ether oxygens (including phenoxy) is 1. The molecule has 1 aromatic carbocycles. The smallest absolute Gasteiger partial charge is 0.274 e. The summed E-state index contributed by atoms with van der Waals surface area (Å²) < 4.78 is 8.94. The maximum atomic E-state index is 12.6. The molecule has 0 bridgehead atoms. The highest BCUT2D eigenvalue weighted by Gasteiger charge is 2.17. The average molecular weight is 374 g/mol. The molecule has 3 rings (SSSR count). The highest BCUT2D eigenvalue weighted by molar-refractivity contribution is 6.30. The number of amides is 1. The number of carbonyl (C=O) groups excluding carboxylic acids is 1. The molecule has 0 spiro atoms. The maximum absolute atomic E-state index is 12.6. The molecule has 2 heterocycles. The number of halogens is 1. The summed E-state index contributed by atoms with van der Waals surface area (Å²) in [5.74, 6) is 0.528. The molecule has 8 heteroatoms. The van der Waals surface area contributed by atoms with E-state index < -0.39 is 0 Å². The number of rotatable bonds is 6. The topological polar surface area (TPSA) is 65.2 Å². The number of aryl methyl sites for hydroxylation is 2. The first-order chi connectivity index (χ1) is 12.4. The lowest BCUT2D eigenvalue weighted by Gasteiger charge is -2.15. The monoisotopic (exact) mass is 373 g/mol. The van der Waals surface area contributed by atoms with Crippen LogP contribution < -0.4 is 4.74 Å². The number of hydrogen-bond acceptors (Lipinski definition) is 4. The molecular formula is C18H20ClN5O2. The summed E-state index contributed by atoms with van der Waals surface area (Å²) in [6.07, 6.45) is 3.63. The quantitative estimate of drug-likeness (QED) is 0.666. The minimum Gasteiger partial charge on any atom is -0.471 e. The summed E-state index contributed by atoms with van der Waals surface area (Å²) in [6.45, 7) is 2.61. The first kappa shape index (κ1) is 18.0. The molecule has 0 aliphatic carbocycles. The van der Waals surface area contributed by atoms with E-state index in [-0.39, 0.29) is 12.6 Å². The molecule has 7 nitrogen and oxygen atoms in total. The van der Waals surface area contributed by atoms with Gasteiger partial charge in [-0.25, -0.2) is 4.68 Å². The molecule has 3 aromatic rings. The molecule has 136 valence electrons. The van der Waals surface area contributed by atoms with Gasteiger partial charge in [0.2, 0.25) is 0 Å². The van der Waals surface area contributed by atoms with Gasteiger partial charge in [-0.3, -0.25) is 9.48 Å². The Balaban J connectivity index is 1.60. The summed E-state index contributed by atoms with van der Waals surface area (Å²) in [5.41, 5.74) is 2.29. The van der Waals surface area contributed by atoms with E-state index >= 15 is 0 Å². The van der Waals surface area contributed by atoms with E-state index in [1.807, 2.05) is 20.2 Å². The Bertz CT molecular complexity index is 901. The summed E-state index contributed by atoms with van der Waals surface area (Å²) in [6, 6.07) is 8.75. The van der Waals surface area contributed by atoms with Gasteiger partial charge in [0.1, 0.15) is 5.75 Å². The van der Waals surface area contributed by atoms with E-state index in [1.54, 1.807) is 57.8 Å². The highest BCUT2D eigenvalue weighted by Crippen LogP contribution is 2.16. The number of nitrogens with zero attached hydrogens (tertiary/aromatic N) is 5. The van der Waals surface area contributed by atoms with Gasteiger partial charge in [0, 0.05) is 43.6 Å². The van der Waals surface area contributed by atoms with Crippen LogP contribution in [0.25, 0.3) is 0 Å². The van der Waals surface area contributed by atoms with Crippen molar-refractivity contribution in [1.82, 2.24) is 24.5 Å². The molecule has 0 aliphatic heterocycles. The summed E-state index contributed by atoms with van der Waals surface area (Å²) in [4.78, 5) is 14.2. The zero-order chi connectivity index (χ0) is 18.7. The van der Waals surface area contributed by atoms with Crippen molar-refractivity contribution in [3.05, 3.63) is 64.7 Å². The zero-order valence-corrected chi connectivity index (χ0v) is 15.6. The SMILES string of the molecule is Cc1nn(C)cc1CN(C)C(=O)c1ccn(COc2ccc(Cl)cc2)n1. The third kappa shape index (κ3) is 4.23. The number of carbonyl (C=O) groups is 1. The minimum absolute atomic E-state index is 0.154. The second-order valence-corrected chi connectivity index (χ2v) is 6.48. The van der Waals surface area contributed by atoms with E-state index in [9.17, 15) is 4.79 Å². The second kappa shape index (κ2) is 7.61. The van der Waals surface area contributed by atoms with Crippen molar-refractivity contribution in [3.8, 4) is 5.75 Å². The Morgan fingerprint density at radius 3 is 2.62 bits per heavy atom. The second-order valence-electron chi connectivity index (χ2n) is 6.04. The fourth-order valence-electron chi connectivity index (χ4n) is 2.55. The lowest BCUT2D eigenvalue weighted by atomic mass is 10.2. The van der Waals surface area contributed by atoms with Gasteiger partial charge in [0.25, 0.3) is 5.91 Å². The molecule has 0 N–H and O–H groups in total. The largest absolute Gasteiger partial charge is 0.471 e. The Hall–Kier alpha value is -2.80. The van der Waals surface area contributed by atoms with E-state index in [2.05, 4.69) is 10.2 Å². The van der Waals surface area contributed by atoms with Crippen molar-refractivity contribution in [2.45, 2.75) is 20.2 Å². The highest BCUT2D eigenvalue weighted by atomic mass is 35.5. The van der Waals surface area contributed by atoms with Crippen molar-refractivity contribution >= 4 is 17.5 Å². The van der Waals surface area contributed by atoms with E-state index in [0.29, 0.717) is 23.0 Å². The van der Waals surface area contributed by atoms with Gasteiger partial charge in [-0.05, 0) is 37.3 Å². The van der Waals surface area contributed by atoms with Gasteiger partial charge < -0.3 is 9.64 Å². The van der Waals surface area contributed by atoms with Gasteiger partial charge in [0.15, 0.2) is 12.4 Å². The molecule has 0 saturated heterocycles. The van der Waals surface area contributed by atoms with Gasteiger partial charge in [-0.15, -0.1) is 0 Å². The van der Waals surface area contributed by atoms with Crippen LogP contribution in [0.5, 0.6) is 5.75 Å². The third-order valence-electron chi connectivity index (χ3n) is 3.91. The van der Waals surface area contributed by atoms with E-state index in [1.165, 1.54) is 0 Å². The van der Waals surface area contributed by atoms with Gasteiger partial charge in [-0.1, -0.05) is 11.6 Å². The van der Waals surface area contributed by atoms with Crippen molar-refractivity contribution in [1.29, 1.82) is 0 Å². The van der Waals surface area contributed by atoms with Gasteiger partial charge in [-0.2, -0.15) is 10.2 Å². The van der Waals surface area contributed by atoms with Crippen molar-refractivity contribution < 1.29 is 9.53 Å². The zero-order valence-electron chi connectivity index (χ0n) is 14.9. The van der Waals surface area contributed by atoms with Crippen LogP contribution in [0, 0.1) is 6.92 Å². The maximum Gasteiger partial charge on any atom is 0.274 e. The van der Waals surface area contributed by atoms with Gasteiger partial charge >= 0.3 is 0 Å². The Kier molecular flexibility index (Phi) is 5.27. The number of benzene rings is 1. The molecule has 0 fully saturated rings. The van der Waals surface area contributed by atoms with Crippen LogP contribution in [0.3, 0.4) is 0 Å². The molecule has 0 radical (unpaired) electrons. The molecule has 2 aromatic heterocycles. The average Bonchev–Trinajstić information content (AvgIpc) is 3.20. The molecule has 0 aliphatic rings. The molecule has 26 heavy (non-hydrogen) atoms. The number of hydrogen-bond donors (Lipinski definition) is 0. The fraction of sp³-hybridized carbons (Fsp3) is 0.278. The predicted octanol–water partition coefficient (Wildman–Crippen LogP) is 2.89. The number of aromatic nitrogens is 4. The van der Waals surface area contributed by atoms with Crippen LogP contribution in [0.4, 0.5) is 0 Å². The van der Waals surface area contributed by atoms with Crippen molar-refractivity contribution in [2.24, 2.45) is 7.05 Å². The predicted molar refractivity (Wildman–Crippen MR) is 98.0 cm³/mol. The third-order valence-corrected chi connectivity index (χ3v) is 4.16. The van der Waals surface area contributed by atoms with Gasteiger partial charge in [0.05, 0.1) is 5.69 Å². The van der Waals surface area contributed by atoms with Crippen LogP contribution in [0.1, 0.15) is 21.7 Å². The minimum atomic E-state index is -0.154. The standard InChI is InChI=1S/C18H20ClN5O2/c1-13-14(11-23(3)20-13)10-22(2)18(25)17-8-9-24(21-17)12-26-16-6-4-15(19)5-7-16/h4-9,11H,10,12H2,1-3H3. The molecule has 0 unspecified atom stereocenters. The molecule has 0 saturated carbocycles. The van der Waals surface area contributed by atoms with Crippen LogP contribution in [-0.2, 0) is 20.3 Å². The summed E-state index contributed by atoms with van der Waals surface area (Å²) >= 11 is 5.85. The Morgan fingerprint density at radius 1 is 1.23 bits per heavy atom. The first-order valence-corrected chi connectivity index (χ1v) is 8.46. The summed E-state index contributed by atoms with van der Waals surface area (Å²) in [5, 5.41) is 9.23. The fourth-order valence-corrected chi connectivity index (χ4v) is 2.67. The Labute approximate surface area is 156 Å². The van der Waals surface area contributed by atoms with Crippen LogP contribution in [0.15, 0.2) is 42.7 Å². The molecular weight excluding hydrogens is 354 g/mol. The van der Waals surface area contributed by atoms with Crippen LogP contribution in [0.2, 0.25) is 5.02 Å². The molecule has 0 atom stereocenters. The Morgan fingerprint density at radius 2 is 1.96 bits per heavy atom. The normalized spacial score (nSPS) is 10.8. The van der Waals surface area contributed by atoms with Crippen molar-refractivity contribution in [2.75, 3.05) is 7.05 Å². The lowest BCUT2D eigenvalue weighted by Crippen LogP contribution is -2.27. The van der Waals surface area contributed by atoms with E-state index in [0.717, 1.165) is 11.3 Å². The molecule has 1 amide bonds. The lowest BCUT2D eigenvalue weighted by molar-refractivity contribution is 0.0777. The van der Waals surface area contributed by atoms with E-state index in [4.69, 9.17) is 16.3 Å². The summed E-state index contributed by atoms with van der Waals surface area (Å²) in [7, 11) is 3.61. The van der Waals surface area contributed by atoms with Crippen LogP contribution >= 0.6 is 11.6 Å². The first-order valence-electron chi connectivity index (χ1n) is 8.09. The van der Waals surface area contributed by atoms with Crippen molar-refractivity contribution in [3.63, 3.8) is 0 Å². The van der Waals surface area contributed by atoms with Crippen LogP contribution in [-0.4, -0.2) is 37.4 Å².